The van der Waals surface area contributed by atoms with Crippen LogP contribution in [-0.2, 0) is 16.0 Å². The van der Waals surface area contributed by atoms with Gasteiger partial charge in [-0.25, -0.2) is 0 Å². The Kier molecular flexibility index (Phi) is 8.28. The van der Waals surface area contributed by atoms with Gasteiger partial charge in [-0.1, -0.05) is 60.7 Å². The van der Waals surface area contributed by atoms with E-state index in [0.717, 1.165) is 5.56 Å². The number of carboxylic acid groups (broad SMARTS) is 2. The zero-order valence-corrected chi connectivity index (χ0v) is 13.5. The standard InChI is InChI=1S/C9H11NO3.C9H11NO2/c10-7(9(12)13)8(11)6-4-2-1-3-5-6;10-8(9(11)12)6-7-4-2-1-3-5-7/h1-5,7-8,11H,10H2,(H,12,13);1-5,8H,6,10H2,(H,11,12)/t7-,8?;8-/m00/s1. The molecule has 134 valence electrons. The topological polar surface area (TPSA) is 147 Å². The molecule has 0 heterocycles. The fourth-order valence-corrected chi connectivity index (χ4v) is 1.95. The maximum atomic E-state index is 10.4. The molecular formula is C18H22N2O5. The van der Waals surface area contributed by atoms with Gasteiger partial charge in [-0.05, 0) is 17.5 Å². The van der Waals surface area contributed by atoms with Crippen LogP contribution in [0.5, 0.6) is 0 Å². The molecule has 2 aromatic carbocycles. The Morgan fingerprint density at radius 2 is 1.32 bits per heavy atom. The molecule has 0 radical (unpaired) electrons. The summed E-state index contributed by atoms with van der Waals surface area (Å²) >= 11 is 0. The Morgan fingerprint density at radius 1 is 0.840 bits per heavy atom. The number of carbonyl (C=O) groups is 2. The Hall–Kier alpha value is -2.74. The molecule has 0 amide bonds. The lowest BCUT2D eigenvalue weighted by molar-refractivity contribution is -0.141. The number of aliphatic hydroxyl groups is 1. The quantitative estimate of drug-likeness (QED) is 0.519. The van der Waals surface area contributed by atoms with E-state index in [-0.39, 0.29) is 0 Å². The van der Waals surface area contributed by atoms with Gasteiger partial charge in [-0.2, -0.15) is 0 Å². The van der Waals surface area contributed by atoms with Crippen molar-refractivity contribution >= 4 is 11.9 Å². The van der Waals surface area contributed by atoms with Gasteiger partial charge in [0.25, 0.3) is 0 Å². The molecule has 2 rings (SSSR count). The minimum atomic E-state index is -1.28. The number of rotatable bonds is 6. The summed E-state index contributed by atoms with van der Waals surface area (Å²) in [5.41, 5.74) is 12.1. The Labute approximate surface area is 145 Å². The smallest absolute Gasteiger partial charge is 0.323 e. The second kappa shape index (κ2) is 10.2. The van der Waals surface area contributed by atoms with Gasteiger partial charge in [0, 0.05) is 0 Å². The lowest BCUT2D eigenvalue weighted by Crippen LogP contribution is -2.36. The summed E-state index contributed by atoms with van der Waals surface area (Å²) in [4.78, 5) is 20.8. The molecule has 0 saturated heterocycles. The molecule has 0 saturated carbocycles. The molecule has 1 unspecified atom stereocenters. The number of hydrogen-bond acceptors (Lipinski definition) is 5. The van der Waals surface area contributed by atoms with E-state index >= 15 is 0 Å². The number of benzene rings is 2. The van der Waals surface area contributed by atoms with Crippen LogP contribution in [-0.4, -0.2) is 39.3 Å². The molecule has 0 fully saturated rings. The molecule has 25 heavy (non-hydrogen) atoms. The highest BCUT2D eigenvalue weighted by molar-refractivity contribution is 5.74. The molecule has 0 bridgehead atoms. The summed E-state index contributed by atoms with van der Waals surface area (Å²) in [6.07, 6.45) is -0.769. The van der Waals surface area contributed by atoms with Crippen molar-refractivity contribution in [3.63, 3.8) is 0 Å². The van der Waals surface area contributed by atoms with E-state index in [4.69, 9.17) is 21.7 Å². The number of aliphatic hydroxyl groups excluding tert-OH is 1. The van der Waals surface area contributed by atoms with Gasteiger partial charge in [0.05, 0.1) is 0 Å². The molecule has 7 nitrogen and oxygen atoms in total. The van der Waals surface area contributed by atoms with Gasteiger partial charge < -0.3 is 26.8 Å². The molecule has 7 N–H and O–H groups in total. The van der Waals surface area contributed by atoms with E-state index in [9.17, 15) is 14.7 Å². The van der Waals surface area contributed by atoms with Gasteiger partial charge in [0.2, 0.25) is 0 Å². The highest BCUT2D eigenvalue weighted by Gasteiger charge is 2.22. The number of aliphatic carboxylic acids is 2. The molecule has 3 atom stereocenters. The van der Waals surface area contributed by atoms with E-state index < -0.39 is 30.1 Å². The van der Waals surface area contributed by atoms with Crippen molar-refractivity contribution in [2.24, 2.45) is 11.5 Å². The van der Waals surface area contributed by atoms with Crippen LogP contribution in [0.25, 0.3) is 0 Å². The summed E-state index contributed by atoms with van der Waals surface area (Å²) in [5, 5.41) is 26.5. The van der Waals surface area contributed by atoms with Crippen LogP contribution in [0.1, 0.15) is 17.2 Å². The average molecular weight is 346 g/mol. The van der Waals surface area contributed by atoms with Crippen LogP contribution in [0.15, 0.2) is 60.7 Å². The summed E-state index contributed by atoms with van der Waals surface area (Å²) in [6.45, 7) is 0. The molecule has 0 aromatic heterocycles. The first-order valence-electron chi connectivity index (χ1n) is 7.56. The van der Waals surface area contributed by atoms with Gasteiger partial charge in [-0.3, -0.25) is 9.59 Å². The van der Waals surface area contributed by atoms with Crippen LogP contribution in [0.4, 0.5) is 0 Å². The predicted molar refractivity (Wildman–Crippen MR) is 92.8 cm³/mol. The van der Waals surface area contributed by atoms with Crippen molar-refractivity contribution in [3.05, 3.63) is 71.8 Å². The molecule has 0 spiro atoms. The fourth-order valence-electron chi connectivity index (χ4n) is 1.95. The highest BCUT2D eigenvalue weighted by Crippen LogP contribution is 2.14. The van der Waals surface area contributed by atoms with Crippen LogP contribution in [0, 0.1) is 0 Å². The molecule has 0 aliphatic carbocycles. The number of hydrogen-bond donors (Lipinski definition) is 5. The van der Waals surface area contributed by atoms with Gasteiger partial charge in [-0.15, -0.1) is 0 Å². The lowest BCUT2D eigenvalue weighted by atomic mass is 10.0. The minimum absolute atomic E-state index is 0.385. The number of nitrogens with two attached hydrogens (primary N) is 2. The van der Waals surface area contributed by atoms with Gasteiger partial charge in [0.15, 0.2) is 0 Å². The number of carboxylic acids is 2. The normalized spacial score (nSPS) is 13.7. The maximum absolute atomic E-state index is 10.4. The average Bonchev–Trinajstić information content (AvgIpc) is 2.62. The summed E-state index contributed by atoms with van der Waals surface area (Å²) in [5.74, 6) is -2.17. The largest absolute Gasteiger partial charge is 0.480 e. The molecule has 0 aliphatic rings. The second-order valence-electron chi connectivity index (χ2n) is 5.35. The Bertz CT molecular complexity index is 664. The summed E-state index contributed by atoms with van der Waals surface area (Å²) < 4.78 is 0. The van der Waals surface area contributed by atoms with Crippen LogP contribution >= 0.6 is 0 Å². The molecule has 2 aromatic rings. The molecule has 0 aliphatic heterocycles. The van der Waals surface area contributed by atoms with Crippen molar-refractivity contribution in [2.45, 2.75) is 24.6 Å². The minimum Gasteiger partial charge on any atom is -0.480 e. The van der Waals surface area contributed by atoms with Gasteiger partial charge in [0.1, 0.15) is 18.2 Å². The summed E-state index contributed by atoms with van der Waals surface area (Å²) in [6, 6.07) is 15.7. The van der Waals surface area contributed by atoms with E-state index in [1.165, 1.54) is 0 Å². The van der Waals surface area contributed by atoms with Crippen LogP contribution in [0.2, 0.25) is 0 Å². The van der Waals surface area contributed by atoms with Crippen LogP contribution in [0.3, 0.4) is 0 Å². The van der Waals surface area contributed by atoms with E-state index in [1.807, 2.05) is 30.3 Å². The van der Waals surface area contributed by atoms with Crippen molar-refractivity contribution in [1.82, 2.24) is 0 Å². The van der Waals surface area contributed by atoms with Crippen LogP contribution < -0.4 is 11.5 Å². The van der Waals surface area contributed by atoms with Crippen molar-refractivity contribution < 1.29 is 24.9 Å². The SMILES string of the molecule is N[C@@H](Cc1ccccc1)C(=O)O.N[C@H](C(=O)O)C(O)c1ccccc1. The van der Waals surface area contributed by atoms with Crippen molar-refractivity contribution in [3.8, 4) is 0 Å². The Morgan fingerprint density at radius 3 is 1.76 bits per heavy atom. The van der Waals surface area contributed by atoms with E-state index in [0.29, 0.717) is 12.0 Å². The van der Waals surface area contributed by atoms with E-state index in [2.05, 4.69) is 0 Å². The Balaban J connectivity index is 0.000000251. The monoisotopic (exact) mass is 346 g/mol. The van der Waals surface area contributed by atoms with Crippen molar-refractivity contribution in [1.29, 1.82) is 0 Å². The molecule has 7 heteroatoms. The van der Waals surface area contributed by atoms with Crippen molar-refractivity contribution in [2.75, 3.05) is 0 Å². The highest BCUT2D eigenvalue weighted by atomic mass is 16.4. The van der Waals surface area contributed by atoms with Gasteiger partial charge >= 0.3 is 11.9 Å². The first-order valence-corrected chi connectivity index (χ1v) is 7.56. The first kappa shape index (κ1) is 20.3. The third kappa shape index (κ3) is 7.13. The third-order valence-corrected chi connectivity index (χ3v) is 3.38. The second-order valence-corrected chi connectivity index (χ2v) is 5.35. The third-order valence-electron chi connectivity index (χ3n) is 3.38. The predicted octanol–water partition coefficient (Wildman–Crippen LogP) is 0.773. The van der Waals surface area contributed by atoms with E-state index in [1.54, 1.807) is 30.3 Å². The zero-order valence-electron chi connectivity index (χ0n) is 13.5. The lowest BCUT2D eigenvalue weighted by Gasteiger charge is -2.14. The maximum Gasteiger partial charge on any atom is 0.323 e. The fraction of sp³-hybridized carbons (Fsp3) is 0.222. The summed E-state index contributed by atoms with van der Waals surface area (Å²) in [7, 11) is 0. The zero-order chi connectivity index (χ0) is 18.8. The molecular weight excluding hydrogens is 324 g/mol. The first-order chi connectivity index (χ1) is 11.8.